The van der Waals surface area contributed by atoms with Crippen molar-refractivity contribution in [2.75, 3.05) is 0 Å². The average molecular weight is 260 g/mol. The summed E-state index contributed by atoms with van der Waals surface area (Å²) in [6, 6.07) is 1.54. The van der Waals surface area contributed by atoms with Crippen LogP contribution in [0.1, 0.15) is 30.9 Å². The Kier molecular flexibility index (Phi) is 2.76. The summed E-state index contributed by atoms with van der Waals surface area (Å²) in [4.78, 5) is 0. The molecule has 100 valence electrons. The third kappa shape index (κ3) is 2.02. The Bertz CT molecular complexity index is 573. The Morgan fingerprint density at radius 1 is 1.11 bits per heavy atom. The molecule has 5 heteroatoms. The highest BCUT2D eigenvalue weighted by Crippen LogP contribution is 2.41. The fourth-order valence-electron chi connectivity index (χ4n) is 1.78. The molecule has 0 saturated carbocycles. The standard InChI is InChI=1S/C13H15F3O2/c1-7-8(2)17-10-5-9(18-11(7)10)6-12(3,4)13(14,15)16/h5H,6H2,1-4H3. The number of fused-ring (bicyclic) bond motifs is 1. The average Bonchev–Trinajstić information content (AvgIpc) is 2.66. The summed E-state index contributed by atoms with van der Waals surface area (Å²) in [7, 11) is 0. The molecule has 0 fully saturated rings. The molecule has 0 unspecified atom stereocenters. The molecule has 0 aliphatic rings. The molecule has 2 aromatic rings. The number of furan rings is 2. The molecule has 2 rings (SSSR count). The van der Waals surface area contributed by atoms with Crippen LogP contribution in [-0.2, 0) is 6.42 Å². The maximum absolute atomic E-state index is 12.8. The fourth-order valence-corrected chi connectivity index (χ4v) is 1.78. The summed E-state index contributed by atoms with van der Waals surface area (Å²) in [6.45, 7) is 5.94. The number of hydrogen-bond donors (Lipinski definition) is 0. The lowest BCUT2D eigenvalue weighted by Crippen LogP contribution is -2.33. The van der Waals surface area contributed by atoms with Gasteiger partial charge in [-0.2, -0.15) is 13.2 Å². The number of alkyl halides is 3. The molecule has 0 radical (unpaired) electrons. The van der Waals surface area contributed by atoms with Crippen molar-refractivity contribution >= 4 is 11.2 Å². The van der Waals surface area contributed by atoms with Gasteiger partial charge < -0.3 is 8.83 Å². The molecular weight excluding hydrogens is 245 g/mol. The quantitative estimate of drug-likeness (QED) is 0.777. The Hall–Kier alpha value is -1.39. The Balaban J connectivity index is 2.33. The molecule has 0 aromatic carbocycles. The molecule has 0 amide bonds. The Labute approximate surface area is 103 Å². The highest BCUT2D eigenvalue weighted by atomic mass is 19.4. The molecule has 2 nitrogen and oxygen atoms in total. The van der Waals surface area contributed by atoms with Gasteiger partial charge in [-0.15, -0.1) is 0 Å². The number of halogens is 3. The first-order valence-electron chi connectivity index (χ1n) is 5.67. The van der Waals surface area contributed by atoms with Crippen LogP contribution in [0.15, 0.2) is 14.9 Å². The van der Waals surface area contributed by atoms with E-state index in [-0.39, 0.29) is 6.42 Å². The minimum Gasteiger partial charge on any atom is -0.458 e. The van der Waals surface area contributed by atoms with Gasteiger partial charge in [-0.3, -0.25) is 0 Å². The third-order valence-electron chi connectivity index (χ3n) is 3.26. The zero-order chi connectivity index (χ0) is 13.7. The van der Waals surface area contributed by atoms with Gasteiger partial charge in [-0.1, -0.05) is 13.8 Å². The van der Waals surface area contributed by atoms with Crippen molar-refractivity contribution in [2.45, 2.75) is 40.3 Å². The van der Waals surface area contributed by atoms with Crippen molar-refractivity contribution in [1.29, 1.82) is 0 Å². The second-order valence-corrected chi connectivity index (χ2v) is 5.25. The zero-order valence-corrected chi connectivity index (χ0v) is 10.7. The van der Waals surface area contributed by atoms with Crippen molar-refractivity contribution in [2.24, 2.45) is 5.41 Å². The van der Waals surface area contributed by atoms with Crippen LogP contribution in [0.3, 0.4) is 0 Å². The lowest BCUT2D eigenvalue weighted by molar-refractivity contribution is -0.211. The lowest BCUT2D eigenvalue weighted by atomic mass is 9.87. The van der Waals surface area contributed by atoms with E-state index in [1.807, 2.05) is 6.92 Å². The maximum Gasteiger partial charge on any atom is 0.394 e. The van der Waals surface area contributed by atoms with Gasteiger partial charge in [-0.05, 0) is 13.8 Å². The highest BCUT2D eigenvalue weighted by molar-refractivity contribution is 5.76. The summed E-state index contributed by atoms with van der Waals surface area (Å²) in [5, 5.41) is 0. The van der Waals surface area contributed by atoms with Crippen LogP contribution in [-0.4, -0.2) is 6.18 Å². The highest BCUT2D eigenvalue weighted by Gasteiger charge is 2.47. The van der Waals surface area contributed by atoms with E-state index in [9.17, 15) is 13.2 Å². The normalized spacial score (nSPS) is 13.5. The second-order valence-electron chi connectivity index (χ2n) is 5.25. The van der Waals surface area contributed by atoms with E-state index < -0.39 is 11.6 Å². The maximum atomic E-state index is 12.8. The van der Waals surface area contributed by atoms with Gasteiger partial charge in [0.05, 0.1) is 5.41 Å². The van der Waals surface area contributed by atoms with E-state index in [0.29, 0.717) is 16.9 Å². The number of hydrogen-bond acceptors (Lipinski definition) is 2. The minimum atomic E-state index is -4.26. The van der Waals surface area contributed by atoms with Gasteiger partial charge in [0.15, 0.2) is 11.2 Å². The molecule has 18 heavy (non-hydrogen) atoms. The van der Waals surface area contributed by atoms with E-state index in [0.717, 1.165) is 25.2 Å². The van der Waals surface area contributed by atoms with Crippen LogP contribution in [0.2, 0.25) is 0 Å². The monoisotopic (exact) mass is 260 g/mol. The second kappa shape index (κ2) is 3.80. The molecule has 0 N–H and O–H groups in total. The van der Waals surface area contributed by atoms with Crippen LogP contribution < -0.4 is 0 Å². The van der Waals surface area contributed by atoms with E-state index >= 15 is 0 Å². The molecule has 0 aliphatic heterocycles. The van der Waals surface area contributed by atoms with Crippen LogP contribution in [0, 0.1) is 19.3 Å². The van der Waals surface area contributed by atoms with Gasteiger partial charge in [0, 0.05) is 18.1 Å². The summed E-state index contributed by atoms with van der Waals surface area (Å²) < 4.78 is 49.2. The fraction of sp³-hybridized carbons (Fsp3) is 0.538. The van der Waals surface area contributed by atoms with Crippen LogP contribution in [0.25, 0.3) is 11.2 Å². The predicted octanol–water partition coefficient (Wildman–Crippen LogP) is 4.77. The van der Waals surface area contributed by atoms with Crippen molar-refractivity contribution in [3.63, 3.8) is 0 Å². The Morgan fingerprint density at radius 2 is 1.72 bits per heavy atom. The first kappa shape index (κ1) is 13.1. The first-order valence-corrected chi connectivity index (χ1v) is 5.67. The largest absolute Gasteiger partial charge is 0.458 e. The molecule has 0 saturated heterocycles. The summed E-state index contributed by atoms with van der Waals surface area (Å²) >= 11 is 0. The van der Waals surface area contributed by atoms with Gasteiger partial charge in [0.1, 0.15) is 11.5 Å². The number of rotatable bonds is 2. The van der Waals surface area contributed by atoms with Crippen molar-refractivity contribution < 1.29 is 22.0 Å². The van der Waals surface area contributed by atoms with Gasteiger partial charge in [0.25, 0.3) is 0 Å². The molecule has 0 aliphatic carbocycles. The summed E-state index contributed by atoms with van der Waals surface area (Å²) in [6.07, 6.45) is -4.45. The molecule has 0 spiro atoms. The van der Waals surface area contributed by atoms with E-state index in [4.69, 9.17) is 8.83 Å². The van der Waals surface area contributed by atoms with Crippen molar-refractivity contribution in [3.05, 3.63) is 23.2 Å². The molecular formula is C13H15F3O2. The van der Waals surface area contributed by atoms with E-state index in [2.05, 4.69) is 0 Å². The first-order chi connectivity index (χ1) is 8.12. The predicted molar refractivity (Wildman–Crippen MR) is 61.5 cm³/mol. The zero-order valence-electron chi connectivity index (χ0n) is 10.7. The number of aryl methyl sites for hydroxylation is 2. The van der Waals surface area contributed by atoms with Crippen molar-refractivity contribution in [1.82, 2.24) is 0 Å². The van der Waals surface area contributed by atoms with E-state index in [1.54, 1.807) is 13.0 Å². The molecule has 2 aromatic heterocycles. The SMILES string of the molecule is Cc1oc2cc(CC(C)(C)C(F)(F)F)oc2c1C. The third-order valence-corrected chi connectivity index (χ3v) is 3.26. The summed E-state index contributed by atoms with van der Waals surface area (Å²) in [5.74, 6) is 1.03. The Morgan fingerprint density at radius 3 is 2.22 bits per heavy atom. The van der Waals surface area contributed by atoms with Crippen LogP contribution in [0.4, 0.5) is 13.2 Å². The molecule has 0 atom stereocenters. The molecule has 0 bridgehead atoms. The smallest absolute Gasteiger partial charge is 0.394 e. The minimum absolute atomic E-state index is 0.195. The van der Waals surface area contributed by atoms with Crippen molar-refractivity contribution in [3.8, 4) is 0 Å². The summed E-state index contributed by atoms with van der Waals surface area (Å²) in [5.41, 5.74) is 0.0742. The van der Waals surface area contributed by atoms with Gasteiger partial charge >= 0.3 is 6.18 Å². The van der Waals surface area contributed by atoms with E-state index in [1.165, 1.54) is 0 Å². The van der Waals surface area contributed by atoms with Gasteiger partial charge in [0.2, 0.25) is 0 Å². The van der Waals surface area contributed by atoms with Crippen LogP contribution in [0.5, 0.6) is 0 Å². The topological polar surface area (TPSA) is 26.3 Å². The molecule has 2 heterocycles. The lowest BCUT2D eigenvalue weighted by Gasteiger charge is -2.26. The van der Waals surface area contributed by atoms with Crippen LogP contribution >= 0.6 is 0 Å². The van der Waals surface area contributed by atoms with Gasteiger partial charge in [-0.25, -0.2) is 0 Å².